The van der Waals surface area contributed by atoms with Crippen molar-refractivity contribution in [2.75, 3.05) is 39.6 Å². The Morgan fingerprint density at radius 1 is 0.667 bits per heavy atom. The van der Waals surface area contributed by atoms with E-state index < -0.39 is 118 Å². The quantitative estimate of drug-likeness (QED) is 0.102. The zero-order chi connectivity index (χ0) is 29.1. The molecule has 12 N–H and O–H groups in total. The molecule has 0 spiro atoms. The van der Waals surface area contributed by atoms with Crippen LogP contribution in [0.1, 0.15) is 0 Å². The van der Waals surface area contributed by atoms with Crippen molar-refractivity contribution in [3.8, 4) is 0 Å². The Bertz CT molecular complexity index is 748. The van der Waals surface area contributed by atoms with Crippen molar-refractivity contribution in [2.24, 2.45) is 0 Å². The molecule has 0 aromatic carbocycles. The monoisotopic (exact) mass is 578 g/mol. The number of rotatable bonds is 12. The van der Waals surface area contributed by atoms with E-state index in [1.54, 1.807) is 0 Å². The molecule has 39 heavy (non-hydrogen) atoms. The van der Waals surface area contributed by atoms with Gasteiger partial charge < -0.3 is 89.7 Å². The van der Waals surface area contributed by atoms with Gasteiger partial charge in [0.1, 0.15) is 79.9 Å². The Morgan fingerprint density at radius 3 is 1.77 bits per heavy atom. The number of hydrogen-bond acceptors (Lipinski definition) is 18. The fourth-order valence-electron chi connectivity index (χ4n) is 4.37. The molecule has 18 heteroatoms. The van der Waals surface area contributed by atoms with Gasteiger partial charge in [0.15, 0.2) is 12.6 Å². The Labute approximate surface area is 221 Å². The molecular formula is C21H38O18. The van der Waals surface area contributed by atoms with E-state index in [1.807, 2.05) is 0 Å². The number of aliphatic hydroxyl groups excluding tert-OH is 12. The molecule has 3 heterocycles. The number of hydrogen-bond donors (Lipinski definition) is 12. The Hall–Kier alpha value is -0.720. The van der Waals surface area contributed by atoms with E-state index in [9.17, 15) is 56.2 Å². The molecule has 230 valence electrons. The summed E-state index contributed by atoms with van der Waals surface area (Å²) in [5, 5.41) is 119. The SMILES string of the molecule is OCC(O)COC[C@H]1OC(OC[C@H]2OC(O[C@]3(CO)O[C@H](CO)[C@@H](O)[C@@H]3O)[C@H](O)[C@@H](O)[C@@H]2O)[C@H](O)[C@@H](O)[C@H]1O. The molecule has 0 aromatic rings. The van der Waals surface area contributed by atoms with E-state index in [4.69, 9.17) is 33.5 Å². The third-order valence-corrected chi connectivity index (χ3v) is 6.79. The molecule has 0 saturated carbocycles. The summed E-state index contributed by atoms with van der Waals surface area (Å²) in [5.74, 6) is -2.38. The van der Waals surface area contributed by atoms with E-state index in [-0.39, 0.29) is 13.2 Å². The highest BCUT2D eigenvalue weighted by Gasteiger charge is 2.58. The first-order valence-electron chi connectivity index (χ1n) is 12.2. The maximum atomic E-state index is 10.4. The average molecular weight is 579 g/mol. The molecule has 0 amide bonds. The summed E-state index contributed by atoms with van der Waals surface area (Å²) in [6, 6.07) is 0. The van der Waals surface area contributed by atoms with Crippen LogP contribution < -0.4 is 0 Å². The fourth-order valence-corrected chi connectivity index (χ4v) is 4.37. The number of ether oxygens (including phenoxy) is 6. The summed E-state index contributed by atoms with van der Waals surface area (Å²) in [7, 11) is 0. The van der Waals surface area contributed by atoms with Gasteiger partial charge in [-0.25, -0.2) is 0 Å². The predicted molar refractivity (Wildman–Crippen MR) is 118 cm³/mol. The molecule has 3 aliphatic heterocycles. The first-order valence-corrected chi connectivity index (χ1v) is 12.2. The summed E-state index contributed by atoms with van der Waals surface area (Å²) in [6.07, 6.45) is -23.3. The summed E-state index contributed by atoms with van der Waals surface area (Å²) < 4.78 is 32.0. The first-order chi connectivity index (χ1) is 18.4. The van der Waals surface area contributed by atoms with Gasteiger partial charge in [0.25, 0.3) is 0 Å². The second kappa shape index (κ2) is 14.0. The average Bonchev–Trinajstić information content (AvgIpc) is 3.17. The Kier molecular flexibility index (Phi) is 11.7. The van der Waals surface area contributed by atoms with Crippen LogP contribution in [-0.4, -0.2) is 193 Å². The molecule has 0 aliphatic carbocycles. The van der Waals surface area contributed by atoms with Crippen molar-refractivity contribution in [2.45, 2.75) is 91.6 Å². The molecule has 0 radical (unpaired) electrons. The lowest BCUT2D eigenvalue weighted by atomic mass is 9.98. The maximum absolute atomic E-state index is 10.4. The minimum atomic E-state index is -2.38. The van der Waals surface area contributed by atoms with E-state index >= 15 is 0 Å². The van der Waals surface area contributed by atoms with E-state index in [1.165, 1.54) is 0 Å². The summed E-state index contributed by atoms with van der Waals surface area (Å²) in [4.78, 5) is 0. The Balaban J connectivity index is 1.65. The molecule has 0 bridgehead atoms. The van der Waals surface area contributed by atoms with Gasteiger partial charge in [0.05, 0.1) is 33.0 Å². The third kappa shape index (κ3) is 7.02. The molecule has 3 fully saturated rings. The van der Waals surface area contributed by atoms with Crippen LogP contribution in [0.4, 0.5) is 0 Å². The van der Waals surface area contributed by atoms with Gasteiger partial charge in [-0.05, 0) is 0 Å². The molecule has 3 saturated heterocycles. The lowest BCUT2D eigenvalue weighted by Crippen LogP contribution is -2.63. The molecule has 3 aliphatic rings. The third-order valence-electron chi connectivity index (χ3n) is 6.79. The van der Waals surface area contributed by atoms with Crippen LogP contribution in [0.15, 0.2) is 0 Å². The summed E-state index contributed by atoms with van der Waals surface area (Å²) in [6.45, 7) is -3.77. The first kappa shape index (κ1) is 32.8. The normalized spacial score (nSPS) is 47.8. The lowest BCUT2D eigenvalue weighted by Gasteiger charge is -2.44. The minimum absolute atomic E-state index is 0.319. The van der Waals surface area contributed by atoms with Gasteiger partial charge in [-0.1, -0.05) is 0 Å². The zero-order valence-electron chi connectivity index (χ0n) is 20.6. The smallest absolute Gasteiger partial charge is 0.224 e. The van der Waals surface area contributed by atoms with E-state index in [0.29, 0.717) is 0 Å². The molecule has 0 aromatic heterocycles. The lowest BCUT2D eigenvalue weighted by molar-refractivity contribution is -0.388. The van der Waals surface area contributed by atoms with Crippen LogP contribution in [0.25, 0.3) is 0 Å². The van der Waals surface area contributed by atoms with Crippen molar-refractivity contribution in [3.63, 3.8) is 0 Å². The Morgan fingerprint density at radius 2 is 1.23 bits per heavy atom. The van der Waals surface area contributed by atoms with Crippen molar-refractivity contribution >= 4 is 0 Å². The highest BCUT2D eigenvalue weighted by atomic mass is 16.8. The van der Waals surface area contributed by atoms with Gasteiger partial charge in [0, 0.05) is 0 Å². The van der Waals surface area contributed by atoms with Gasteiger partial charge >= 0.3 is 0 Å². The zero-order valence-corrected chi connectivity index (χ0v) is 20.6. The van der Waals surface area contributed by atoms with Crippen molar-refractivity contribution in [1.82, 2.24) is 0 Å². The largest absolute Gasteiger partial charge is 0.394 e. The molecule has 3 rings (SSSR count). The van der Waals surface area contributed by atoms with Crippen molar-refractivity contribution in [3.05, 3.63) is 0 Å². The fraction of sp³-hybridized carbons (Fsp3) is 1.00. The molecule has 18 nitrogen and oxygen atoms in total. The van der Waals surface area contributed by atoms with Crippen LogP contribution in [0.2, 0.25) is 0 Å². The predicted octanol–water partition coefficient (Wildman–Crippen LogP) is -8.19. The molecule has 3 unspecified atom stereocenters. The van der Waals surface area contributed by atoms with Crippen LogP contribution in [-0.2, 0) is 28.4 Å². The van der Waals surface area contributed by atoms with Crippen molar-refractivity contribution in [1.29, 1.82) is 0 Å². The highest BCUT2D eigenvalue weighted by molar-refractivity contribution is 4.98. The van der Waals surface area contributed by atoms with Crippen LogP contribution in [0.3, 0.4) is 0 Å². The second-order valence-electron chi connectivity index (χ2n) is 9.60. The summed E-state index contributed by atoms with van der Waals surface area (Å²) in [5.41, 5.74) is 0. The molecule has 15 atom stereocenters. The number of aliphatic hydroxyl groups is 12. The van der Waals surface area contributed by atoms with Gasteiger partial charge in [-0.15, -0.1) is 0 Å². The standard InChI is InChI=1S/C21H38O18/c22-1-7(25)3-34-4-9-11(26)14(29)16(31)19(36-9)35-5-10-12(27)15(30)17(32)20(37-10)39-21(6-24)18(33)13(28)8(2-23)38-21/h7-20,22-33H,1-6H2/t7?,8-,9-,10-,11+,12-,13-,14+,15+,16-,17-,18+,19?,20?,21+/m1/s1. The topological polar surface area (TPSA) is 298 Å². The van der Waals surface area contributed by atoms with E-state index in [2.05, 4.69) is 0 Å². The van der Waals surface area contributed by atoms with Crippen LogP contribution in [0, 0.1) is 0 Å². The van der Waals surface area contributed by atoms with E-state index in [0.717, 1.165) is 0 Å². The van der Waals surface area contributed by atoms with Gasteiger partial charge in [-0.3, -0.25) is 0 Å². The maximum Gasteiger partial charge on any atom is 0.224 e. The summed E-state index contributed by atoms with van der Waals surface area (Å²) >= 11 is 0. The van der Waals surface area contributed by atoms with Crippen LogP contribution in [0.5, 0.6) is 0 Å². The second-order valence-corrected chi connectivity index (χ2v) is 9.60. The van der Waals surface area contributed by atoms with Gasteiger partial charge in [-0.2, -0.15) is 0 Å². The van der Waals surface area contributed by atoms with Crippen molar-refractivity contribution < 1.29 is 89.7 Å². The minimum Gasteiger partial charge on any atom is -0.394 e. The van der Waals surface area contributed by atoms with Crippen LogP contribution >= 0.6 is 0 Å². The molecular weight excluding hydrogens is 540 g/mol. The highest BCUT2D eigenvalue weighted by Crippen LogP contribution is 2.36. The van der Waals surface area contributed by atoms with Gasteiger partial charge in [0.2, 0.25) is 5.79 Å².